The van der Waals surface area contributed by atoms with E-state index < -0.39 is 17.5 Å². The lowest BCUT2D eigenvalue weighted by Gasteiger charge is -2.07. The SMILES string of the molecule is O=C(NCc1ccc(-n2ccnc2)nc1)c1ccc(F)cc1F. The second kappa shape index (κ2) is 6.35. The Labute approximate surface area is 130 Å². The molecule has 0 saturated carbocycles. The molecule has 0 saturated heterocycles. The van der Waals surface area contributed by atoms with Gasteiger partial charge in [0.05, 0.1) is 5.56 Å². The summed E-state index contributed by atoms with van der Waals surface area (Å²) in [7, 11) is 0. The van der Waals surface area contributed by atoms with Crippen LogP contribution in [0.3, 0.4) is 0 Å². The van der Waals surface area contributed by atoms with Gasteiger partial charge in [-0.25, -0.2) is 18.7 Å². The van der Waals surface area contributed by atoms with Gasteiger partial charge in [-0.2, -0.15) is 0 Å². The van der Waals surface area contributed by atoms with E-state index in [4.69, 9.17) is 0 Å². The van der Waals surface area contributed by atoms with E-state index in [1.54, 1.807) is 41.6 Å². The van der Waals surface area contributed by atoms with Crippen LogP contribution in [0.5, 0.6) is 0 Å². The monoisotopic (exact) mass is 314 g/mol. The first-order chi connectivity index (χ1) is 11.1. The number of carbonyl (C=O) groups is 1. The number of imidazole rings is 1. The van der Waals surface area contributed by atoms with Crippen LogP contribution < -0.4 is 5.32 Å². The molecule has 0 bridgehead atoms. The van der Waals surface area contributed by atoms with E-state index in [9.17, 15) is 13.6 Å². The van der Waals surface area contributed by atoms with Crippen LogP contribution in [-0.2, 0) is 6.54 Å². The zero-order valence-corrected chi connectivity index (χ0v) is 11.9. The Balaban J connectivity index is 1.65. The van der Waals surface area contributed by atoms with E-state index >= 15 is 0 Å². The maximum Gasteiger partial charge on any atom is 0.254 e. The molecule has 0 aliphatic heterocycles. The highest BCUT2D eigenvalue weighted by Crippen LogP contribution is 2.10. The van der Waals surface area contributed by atoms with Crippen molar-refractivity contribution in [1.82, 2.24) is 19.9 Å². The molecule has 1 aromatic carbocycles. The molecule has 0 atom stereocenters. The first-order valence-corrected chi connectivity index (χ1v) is 6.80. The fourth-order valence-electron chi connectivity index (χ4n) is 2.02. The average molecular weight is 314 g/mol. The number of amides is 1. The Bertz CT molecular complexity index is 817. The number of hydrogen-bond acceptors (Lipinski definition) is 3. The zero-order chi connectivity index (χ0) is 16.2. The van der Waals surface area contributed by atoms with Crippen molar-refractivity contribution >= 4 is 5.91 Å². The smallest absolute Gasteiger partial charge is 0.254 e. The molecule has 3 aromatic rings. The molecule has 0 radical (unpaired) electrons. The van der Waals surface area contributed by atoms with Gasteiger partial charge >= 0.3 is 0 Å². The van der Waals surface area contributed by atoms with Crippen LogP contribution in [0.4, 0.5) is 8.78 Å². The Morgan fingerprint density at radius 3 is 2.74 bits per heavy atom. The summed E-state index contributed by atoms with van der Waals surface area (Å²) in [6.07, 6.45) is 6.64. The lowest BCUT2D eigenvalue weighted by molar-refractivity contribution is 0.0947. The van der Waals surface area contributed by atoms with Crippen molar-refractivity contribution in [1.29, 1.82) is 0 Å². The molecule has 0 aliphatic carbocycles. The van der Waals surface area contributed by atoms with E-state index in [1.807, 2.05) is 0 Å². The highest BCUT2D eigenvalue weighted by atomic mass is 19.1. The number of rotatable bonds is 4. The minimum atomic E-state index is -0.893. The fourth-order valence-corrected chi connectivity index (χ4v) is 2.02. The third-order valence-electron chi connectivity index (χ3n) is 3.21. The molecule has 0 spiro atoms. The van der Waals surface area contributed by atoms with Gasteiger partial charge in [-0.3, -0.25) is 9.36 Å². The van der Waals surface area contributed by atoms with Gasteiger partial charge in [-0.1, -0.05) is 6.07 Å². The highest BCUT2D eigenvalue weighted by molar-refractivity contribution is 5.94. The summed E-state index contributed by atoms with van der Waals surface area (Å²) in [5.41, 5.74) is 0.555. The van der Waals surface area contributed by atoms with Gasteiger partial charge in [0, 0.05) is 31.2 Å². The van der Waals surface area contributed by atoms with Gasteiger partial charge in [0.25, 0.3) is 5.91 Å². The first kappa shape index (κ1) is 14.8. The molecule has 0 unspecified atom stereocenters. The maximum atomic E-state index is 13.5. The van der Waals surface area contributed by atoms with Crippen molar-refractivity contribution in [3.8, 4) is 5.82 Å². The minimum Gasteiger partial charge on any atom is -0.348 e. The van der Waals surface area contributed by atoms with E-state index in [-0.39, 0.29) is 12.1 Å². The molecule has 0 fully saturated rings. The van der Waals surface area contributed by atoms with Gasteiger partial charge in [0.15, 0.2) is 0 Å². The third-order valence-corrected chi connectivity index (χ3v) is 3.21. The van der Waals surface area contributed by atoms with Crippen LogP contribution >= 0.6 is 0 Å². The molecule has 2 heterocycles. The summed E-state index contributed by atoms with van der Waals surface area (Å²) in [6.45, 7) is 0.187. The zero-order valence-electron chi connectivity index (χ0n) is 11.9. The topological polar surface area (TPSA) is 59.8 Å². The number of benzene rings is 1. The van der Waals surface area contributed by atoms with Crippen LogP contribution in [0.25, 0.3) is 5.82 Å². The van der Waals surface area contributed by atoms with Crippen LogP contribution in [-0.4, -0.2) is 20.4 Å². The predicted molar refractivity (Wildman–Crippen MR) is 78.9 cm³/mol. The van der Waals surface area contributed by atoms with Crippen LogP contribution in [0.1, 0.15) is 15.9 Å². The molecule has 2 aromatic heterocycles. The van der Waals surface area contributed by atoms with Crippen LogP contribution in [0.15, 0.2) is 55.2 Å². The third kappa shape index (κ3) is 3.39. The van der Waals surface area contributed by atoms with Gasteiger partial charge in [0.2, 0.25) is 0 Å². The largest absolute Gasteiger partial charge is 0.348 e. The van der Waals surface area contributed by atoms with E-state index in [1.165, 1.54) is 0 Å². The van der Waals surface area contributed by atoms with Crippen LogP contribution in [0.2, 0.25) is 0 Å². The Morgan fingerprint density at radius 2 is 2.09 bits per heavy atom. The number of halogens is 2. The molecule has 1 amide bonds. The normalized spacial score (nSPS) is 10.5. The van der Waals surface area contributed by atoms with Crippen molar-refractivity contribution in [2.24, 2.45) is 0 Å². The number of pyridine rings is 1. The quantitative estimate of drug-likeness (QED) is 0.805. The van der Waals surface area contributed by atoms with Gasteiger partial charge in [-0.15, -0.1) is 0 Å². The Hall–Kier alpha value is -3.09. The first-order valence-electron chi connectivity index (χ1n) is 6.80. The van der Waals surface area contributed by atoms with E-state index in [2.05, 4.69) is 15.3 Å². The molecule has 7 heteroatoms. The number of nitrogens with one attached hydrogen (secondary N) is 1. The number of nitrogens with zero attached hydrogens (tertiary/aromatic N) is 3. The molecular weight excluding hydrogens is 302 g/mol. The lowest BCUT2D eigenvalue weighted by atomic mass is 10.2. The molecule has 0 aliphatic rings. The lowest BCUT2D eigenvalue weighted by Crippen LogP contribution is -2.24. The van der Waals surface area contributed by atoms with Gasteiger partial charge in [-0.05, 0) is 23.8 Å². The average Bonchev–Trinajstić information content (AvgIpc) is 3.07. The second-order valence-corrected chi connectivity index (χ2v) is 4.80. The van der Waals surface area contributed by atoms with Crippen molar-refractivity contribution < 1.29 is 13.6 Å². The fraction of sp³-hybridized carbons (Fsp3) is 0.0625. The van der Waals surface area contributed by atoms with E-state index in [0.29, 0.717) is 11.9 Å². The minimum absolute atomic E-state index is 0.187. The van der Waals surface area contributed by atoms with Crippen molar-refractivity contribution in [2.45, 2.75) is 6.54 Å². The van der Waals surface area contributed by atoms with Crippen molar-refractivity contribution in [2.75, 3.05) is 0 Å². The molecule has 116 valence electrons. The number of carbonyl (C=O) groups excluding carboxylic acids is 1. The molecular formula is C16H12F2N4O. The van der Waals surface area contributed by atoms with E-state index in [0.717, 1.165) is 17.7 Å². The molecule has 1 N–H and O–H groups in total. The Morgan fingerprint density at radius 1 is 1.22 bits per heavy atom. The summed E-state index contributed by atoms with van der Waals surface area (Å²) in [5.74, 6) is -1.53. The summed E-state index contributed by atoms with van der Waals surface area (Å²) in [4.78, 5) is 20.1. The predicted octanol–water partition coefficient (Wildman–Crippen LogP) is 2.48. The van der Waals surface area contributed by atoms with Crippen molar-refractivity contribution in [3.05, 3.63) is 78.0 Å². The summed E-state index contributed by atoms with van der Waals surface area (Å²) >= 11 is 0. The van der Waals surface area contributed by atoms with Crippen LogP contribution in [0, 0.1) is 11.6 Å². The second-order valence-electron chi connectivity index (χ2n) is 4.80. The number of aromatic nitrogens is 3. The molecule has 5 nitrogen and oxygen atoms in total. The van der Waals surface area contributed by atoms with Gasteiger partial charge < -0.3 is 5.32 Å². The molecule has 3 rings (SSSR count). The standard InChI is InChI=1S/C16H12F2N4O/c17-12-2-3-13(14(18)7-12)16(23)21-9-11-1-4-15(20-8-11)22-6-5-19-10-22/h1-8,10H,9H2,(H,21,23). The summed E-state index contributed by atoms with van der Waals surface area (Å²) in [5, 5.41) is 2.57. The summed E-state index contributed by atoms with van der Waals surface area (Å²) in [6, 6.07) is 6.40. The Kier molecular flexibility index (Phi) is 4.09. The molecule has 23 heavy (non-hydrogen) atoms. The number of hydrogen-bond donors (Lipinski definition) is 1. The maximum absolute atomic E-state index is 13.5. The highest BCUT2D eigenvalue weighted by Gasteiger charge is 2.12. The summed E-state index contributed by atoms with van der Waals surface area (Å²) < 4.78 is 28.1. The van der Waals surface area contributed by atoms with Crippen molar-refractivity contribution in [3.63, 3.8) is 0 Å². The van der Waals surface area contributed by atoms with Gasteiger partial charge in [0.1, 0.15) is 23.8 Å².